The molecule has 1 fully saturated rings. The highest BCUT2D eigenvalue weighted by atomic mass is 32.2. The predicted molar refractivity (Wildman–Crippen MR) is 58.4 cm³/mol. The van der Waals surface area contributed by atoms with Gasteiger partial charge in [0.1, 0.15) is 0 Å². The van der Waals surface area contributed by atoms with E-state index in [1.165, 1.54) is 13.0 Å². The van der Waals surface area contributed by atoms with Gasteiger partial charge in [0.25, 0.3) is 0 Å². The number of rotatable bonds is 1. The number of nitrogens with zero attached hydrogens (tertiary/aromatic N) is 2. The van der Waals surface area contributed by atoms with Crippen LogP contribution in [0.25, 0.3) is 0 Å². The van der Waals surface area contributed by atoms with Crippen LogP contribution in [0.5, 0.6) is 0 Å². The van der Waals surface area contributed by atoms with Crippen molar-refractivity contribution >= 4 is 16.9 Å². The molecule has 74 valence electrons. The Kier molecular flexibility index (Phi) is 2.79. The van der Waals surface area contributed by atoms with E-state index in [9.17, 15) is 0 Å². The average molecular weight is 199 g/mol. The number of likely N-dealkylation sites (N-methyl/N-ethyl adjacent to an activating group) is 1. The van der Waals surface area contributed by atoms with Gasteiger partial charge in [-0.25, -0.2) is 0 Å². The normalized spacial score (nSPS) is 35.1. The van der Waals surface area contributed by atoms with Crippen LogP contribution in [0.2, 0.25) is 0 Å². The van der Waals surface area contributed by atoms with Gasteiger partial charge in [0.15, 0.2) is 5.17 Å². The largest absolute Gasteiger partial charge is 0.361 e. The molecule has 4 heteroatoms. The van der Waals surface area contributed by atoms with Crippen molar-refractivity contribution in [1.82, 2.24) is 10.2 Å². The van der Waals surface area contributed by atoms with Crippen molar-refractivity contribution in [1.29, 1.82) is 0 Å². The number of amidine groups is 1. The Labute approximate surface area is 84.0 Å². The molecule has 0 saturated carbocycles. The minimum Gasteiger partial charge on any atom is -0.361 e. The number of aliphatic imine (C=N–C) groups is 1. The first-order valence-corrected chi connectivity index (χ1v) is 5.78. The number of thioether (sulfide) groups is 1. The van der Waals surface area contributed by atoms with Crippen LogP contribution >= 0.6 is 11.8 Å². The third kappa shape index (κ3) is 2.38. The molecule has 2 unspecified atom stereocenters. The summed E-state index contributed by atoms with van der Waals surface area (Å²) >= 11 is 1.87. The number of hydrogen-bond acceptors (Lipinski definition) is 4. The summed E-state index contributed by atoms with van der Waals surface area (Å²) in [6, 6.07) is 0.626. The molecule has 3 nitrogen and oxygen atoms in total. The zero-order valence-electron chi connectivity index (χ0n) is 8.29. The summed E-state index contributed by atoms with van der Waals surface area (Å²) in [4.78, 5) is 6.82. The molecular weight excluding hydrogens is 182 g/mol. The number of hydrogen-bond donors (Lipinski definition) is 1. The minimum absolute atomic E-state index is 0.626. The van der Waals surface area contributed by atoms with E-state index in [1.54, 1.807) is 0 Å². The molecule has 0 aromatic rings. The summed E-state index contributed by atoms with van der Waals surface area (Å²) in [6.45, 7) is 5.58. The van der Waals surface area contributed by atoms with E-state index in [4.69, 9.17) is 0 Å². The van der Waals surface area contributed by atoms with Crippen LogP contribution in [0.4, 0.5) is 0 Å². The topological polar surface area (TPSA) is 27.6 Å². The molecule has 2 rings (SSSR count). The molecule has 0 amide bonds. The fourth-order valence-corrected chi connectivity index (χ4v) is 2.70. The Morgan fingerprint density at radius 2 is 2.46 bits per heavy atom. The summed E-state index contributed by atoms with van der Waals surface area (Å²) in [6.07, 6.45) is 1.25. The fraction of sp³-hybridized carbons (Fsp3) is 0.889. The molecule has 1 saturated heterocycles. The zero-order valence-corrected chi connectivity index (χ0v) is 9.10. The van der Waals surface area contributed by atoms with E-state index in [-0.39, 0.29) is 0 Å². The lowest BCUT2D eigenvalue weighted by atomic mass is 10.3. The Morgan fingerprint density at radius 3 is 3.00 bits per heavy atom. The molecule has 0 spiro atoms. The van der Waals surface area contributed by atoms with Crippen molar-refractivity contribution in [2.24, 2.45) is 4.99 Å². The molecule has 2 aliphatic rings. The SMILES string of the molecule is CC1CN=C(NC2CCN(C)C2)S1. The highest BCUT2D eigenvalue weighted by Crippen LogP contribution is 2.19. The van der Waals surface area contributed by atoms with Crippen LogP contribution in [0.15, 0.2) is 4.99 Å². The zero-order chi connectivity index (χ0) is 9.26. The van der Waals surface area contributed by atoms with E-state index >= 15 is 0 Å². The quantitative estimate of drug-likeness (QED) is 0.676. The van der Waals surface area contributed by atoms with Crippen LogP contribution in [0.3, 0.4) is 0 Å². The highest BCUT2D eigenvalue weighted by Gasteiger charge is 2.23. The van der Waals surface area contributed by atoms with Gasteiger partial charge in [-0.2, -0.15) is 0 Å². The number of nitrogens with one attached hydrogen (secondary N) is 1. The van der Waals surface area contributed by atoms with Crippen molar-refractivity contribution in [2.45, 2.75) is 24.6 Å². The standard InChI is InChI=1S/C9H17N3S/c1-7-5-10-9(13-7)11-8-3-4-12(2)6-8/h7-8H,3-6H2,1-2H3,(H,10,11). The molecular formula is C9H17N3S. The second-order valence-corrected chi connectivity index (χ2v) is 5.39. The molecule has 0 bridgehead atoms. The van der Waals surface area contributed by atoms with Gasteiger partial charge in [0, 0.05) is 17.8 Å². The number of likely N-dealkylation sites (tertiary alicyclic amines) is 1. The molecule has 2 heterocycles. The summed E-state index contributed by atoms with van der Waals surface area (Å²) in [7, 11) is 2.17. The lowest BCUT2D eigenvalue weighted by Crippen LogP contribution is -2.34. The van der Waals surface area contributed by atoms with Gasteiger partial charge in [-0.3, -0.25) is 4.99 Å². The third-order valence-corrected chi connectivity index (χ3v) is 3.55. The molecule has 0 aromatic carbocycles. The molecule has 2 aliphatic heterocycles. The van der Waals surface area contributed by atoms with Crippen molar-refractivity contribution < 1.29 is 0 Å². The van der Waals surface area contributed by atoms with E-state index in [0.29, 0.717) is 11.3 Å². The summed E-state index contributed by atoms with van der Waals surface area (Å²) < 4.78 is 0. The van der Waals surface area contributed by atoms with E-state index in [1.807, 2.05) is 11.8 Å². The summed E-state index contributed by atoms with van der Waals surface area (Å²) in [5.41, 5.74) is 0. The first kappa shape index (κ1) is 9.34. The fourth-order valence-electron chi connectivity index (χ4n) is 1.78. The van der Waals surface area contributed by atoms with E-state index in [0.717, 1.165) is 18.3 Å². The second-order valence-electron chi connectivity index (χ2n) is 3.97. The van der Waals surface area contributed by atoms with Gasteiger partial charge in [0.05, 0.1) is 6.54 Å². The molecule has 0 radical (unpaired) electrons. The molecule has 0 aliphatic carbocycles. The smallest absolute Gasteiger partial charge is 0.157 e. The monoisotopic (exact) mass is 199 g/mol. The molecule has 13 heavy (non-hydrogen) atoms. The van der Waals surface area contributed by atoms with Gasteiger partial charge in [-0.05, 0) is 20.0 Å². The second kappa shape index (κ2) is 3.88. The van der Waals surface area contributed by atoms with Gasteiger partial charge >= 0.3 is 0 Å². The first-order chi connectivity index (χ1) is 6.24. The van der Waals surface area contributed by atoms with Crippen LogP contribution in [-0.2, 0) is 0 Å². The maximum Gasteiger partial charge on any atom is 0.157 e. The maximum absolute atomic E-state index is 4.46. The van der Waals surface area contributed by atoms with Crippen LogP contribution in [-0.4, -0.2) is 48.0 Å². The van der Waals surface area contributed by atoms with E-state index < -0.39 is 0 Å². The van der Waals surface area contributed by atoms with Gasteiger partial charge in [0.2, 0.25) is 0 Å². The summed E-state index contributed by atoms with van der Waals surface area (Å²) in [5, 5.41) is 5.34. The molecule has 0 aromatic heterocycles. The van der Waals surface area contributed by atoms with Crippen molar-refractivity contribution in [2.75, 3.05) is 26.7 Å². The van der Waals surface area contributed by atoms with Crippen molar-refractivity contribution in [3.63, 3.8) is 0 Å². The molecule has 2 atom stereocenters. The molecule has 1 N–H and O–H groups in total. The Hall–Kier alpha value is -0.220. The lowest BCUT2D eigenvalue weighted by Gasteiger charge is -2.13. The third-order valence-electron chi connectivity index (χ3n) is 2.52. The Morgan fingerprint density at radius 1 is 1.62 bits per heavy atom. The minimum atomic E-state index is 0.626. The predicted octanol–water partition coefficient (Wildman–Crippen LogP) is 0.771. The van der Waals surface area contributed by atoms with Gasteiger partial charge < -0.3 is 10.2 Å². The lowest BCUT2D eigenvalue weighted by molar-refractivity contribution is 0.407. The van der Waals surface area contributed by atoms with Crippen LogP contribution < -0.4 is 5.32 Å². The Balaban J connectivity index is 1.79. The highest BCUT2D eigenvalue weighted by molar-refractivity contribution is 8.14. The maximum atomic E-state index is 4.46. The van der Waals surface area contributed by atoms with Gasteiger partial charge in [-0.15, -0.1) is 0 Å². The van der Waals surface area contributed by atoms with Gasteiger partial charge in [-0.1, -0.05) is 18.7 Å². The van der Waals surface area contributed by atoms with Crippen molar-refractivity contribution in [3.8, 4) is 0 Å². The van der Waals surface area contributed by atoms with Crippen LogP contribution in [0, 0.1) is 0 Å². The summed E-state index contributed by atoms with van der Waals surface area (Å²) in [5.74, 6) is 0. The van der Waals surface area contributed by atoms with Crippen molar-refractivity contribution in [3.05, 3.63) is 0 Å². The average Bonchev–Trinajstić information content (AvgIpc) is 2.62. The first-order valence-electron chi connectivity index (χ1n) is 4.90. The van der Waals surface area contributed by atoms with E-state index in [2.05, 4.69) is 29.2 Å². The van der Waals surface area contributed by atoms with Crippen LogP contribution in [0.1, 0.15) is 13.3 Å². The Bertz CT molecular complexity index is 217.